The van der Waals surface area contributed by atoms with E-state index in [1.807, 2.05) is 6.92 Å². The van der Waals surface area contributed by atoms with Crippen LogP contribution < -0.4 is 11.1 Å². The summed E-state index contributed by atoms with van der Waals surface area (Å²) in [7, 11) is 1.54. The summed E-state index contributed by atoms with van der Waals surface area (Å²) in [5, 5.41) is 2.89. The lowest BCUT2D eigenvalue weighted by atomic mass is 10.1. The highest BCUT2D eigenvalue weighted by Crippen LogP contribution is 2.33. The molecule has 0 saturated heterocycles. The van der Waals surface area contributed by atoms with Gasteiger partial charge in [0, 0.05) is 13.2 Å². The Morgan fingerprint density at radius 3 is 2.67 bits per heavy atom. The van der Waals surface area contributed by atoms with E-state index in [2.05, 4.69) is 5.32 Å². The summed E-state index contributed by atoms with van der Waals surface area (Å²) in [6, 6.07) is -0.306. The SMILES string of the molecule is COCC(N)C(=O)NC(C)CC1CC1.Cl. The van der Waals surface area contributed by atoms with Gasteiger partial charge in [-0.25, -0.2) is 0 Å². The number of nitrogens with two attached hydrogens (primary N) is 1. The molecule has 2 atom stereocenters. The number of carbonyl (C=O) groups excluding carboxylic acids is 1. The fourth-order valence-electron chi connectivity index (χ4n) is 1.52. The van der Waals surface area contributed by atoms with E-state index in [-0.39, 0.29) is 31.0 Å². The van der Waals surface area contributed by atoms with Gasteiger partial charge in [0.1, 0.15) is 6.04 Å². The van der Waals surface area contributed by atoms with Gasteiger partial charge >= 0.3 is 0 Å². The van der Waals surface area contributed by atoms with Crippen LogP contribution in [0.25, 0.3) is 0 Å². The molecule has 0 radical (unpaired) electrons. The second-order valence-corrected chi connectivity index (χ2v) is 4.15. The van der Waals surface area contributed by atoms with Crippen LogP contribution >= 0.6 is 12.4 Å². The maximum absolute atomic E-state index is 11.4. The van der Waals surface area contributed by atoms with Gasteiger partial charge in [0.15, 0.2) is 0 Å². The van der Waals surface area contributed by atoms with E-state index >= 15 is 0 Å². The number of methoxy groups -OCH3 is 1. The van der Waals surface area contributed by atoms with Gasteiger partial charge in [-0.3, -0.25) is 4.79 Å². The van der Waals surface area contributed by atoms with Crippen molar-refractivity contribution in [2.24, 2.45) is 11.7 Å². The molecule has 0 aromatic carbocycles. The molecule has 90 valence electrons. The van der Waals surface area contributed by atoms with E-state index in [1.165, 1.54) is 12.8 Å². The van der Waals surface area contributed by atoms with Crippen molar-refractivity contribution in [1.82, 2.24) is 5.32 Å². The van der Waals surface area contributed by atoms with Gasteiger partial charge in [-0.2, -0.15) is 0 Å². The summed E-state index contributed by atoms with van der Waals surface area (Å²) < 4.78 is 4.81. The first-order valence-corrected chi connectivity index (χ1v) is 5.18. The summed E-state index contributed by atoms with van der Waals surface area (Å²) in [4.78, 5) is 11.4. The summed E-state index contributed by atoms with van der Waals surface area (Å²) in [5.41, 5.74) is 5.59. The van der Waals surface area contributed by atoms with Crippen molar-refractivity contribution in [1.29, 1.82) is 0 Å². The number of hydrogen-bond acceptors (Lipinski definition) is 3. The van der Waals surface area contributed by atoms with Crippen molar-refractivity contribution in [2.75, 3.05) is 13.7 Å². The molecule has 1 aliphatic carbocycles. The van der Waals surface area contributed by atoms with Gasteiger partial charge in [-0.1, -0.05) is 12.8 Å². The normalized spacial score (nSPS) is 18.9. The van der Waals surface area contributed by atoms with E-state index in [0.29, 0.717) is 0 Å². The molecule has 3 N–H and O–H groups in total. The van der Waals surface area contributed by atoms with Gasteiger partial charge in [-0.15, -0.1) is 12.4 Å². The molecule has 1 saturated carbocycles. The number of hydrogen-bond donors (Lipinski definition) is 2. The first-order chi connectivity index (χ1) is 6.63. The van der Waals surface area contributed by atoms with Crippen LogP contribution in [-0.2, 0) is 9.53 Å². The van der Waals surface area contributed by atoms with Gasteiger partial charge < -0.3 is 15.8 Å². The zero-order valence-electron chi connectivity index (χ0n) is 9.36. The predicted octanol–water partition coefficient (Wildman–Crippen LogP) is 0.687. The van der Waals surface area contributed by atoms with Crippen LogP contribution in [-0.4, -0.2) is 31.7 Å². The zero-order valence-corrected chi connectivity index (χ0v) is 10.2. The lowest BCUT2D eigenvalue weighted by molar-refractivity contribution is -0.124. The van der Waals surface area contributed by atoms with Crippen molar-refractivity contribution < 1.29 is 9.53 Å². The number of amides is 1. The number of ether oxygens (including phenoxy) is 1. The maximum Gasteiger partial charge on any atom is 0.239 e. The number of nitrogens with one attached hydrogen (secondary N) is 1. The number of carbonyl (C=O) groups is 1. The van der Waals surface area contributed by atoms with E-state index in [0.717, 1.165) is 12.3 Å². The van der Waals surface area contributed by atoms with Crippen LogP contribution in [0.15, 0.2) is 0 Å². The highest BCUT2D eigenvalue weighted by atomic mass is 35.5. The summed E-state index contributed by atoms with van der Waals surface area (Å²) >= 11 is 0. The summed E-state index contributed by atoms with van der Waals surface area (Å²) in [5.74, 6) is 0.712. The van der Waals surface area contributed by atoms with E-state index in [9.17, 15) is 4.79 Å². The lowest BCUT2D eigenvalue weighted by Crippen LogP contribution is -2.46. The van der Waals surface area contributed by atoms with Crippen LogP contribution in [0.2, 0.25) is 0 Å². The minimum absolute atomic E-state index is 0. The zero-order chi connectivity index (χ0) is 10.6. The summed E-state index contributed by atoms with van der Waals surface area (Å²) in [6.07, 6.45) is 3.69. The molecule has 1 aliphatic rings. The molecule has 0 aromatic heterocycles. The average Bonchev–Trinajstić information content (AvgIpc) is 2.88. The van der Waals surface area contributed by atoms with Crippen LogP contribution in [0.4, 0.5) is 0 Å². The van der Waals surface area contributed by atoms with Crippen molar-refractivity contribution >= 4 is 18.3 Å². The Morgan fingerprint density at radius 2 is 2.20 bits per heavy atom. The van der Waals surface area contributed by atoms with Crippen LogP contribution in [0, 0.1) is 5.92 Å². The molecule has 0 bridgehead atoms. The van der Waals surface area contributed by atoms with Crippen molar-refractivity contribution in [2.45, 2.75) is 38.3 Å². The first-order valence-electron chi connectivity index (χ1n) is 5.18. The van der Waals surface area contributed by atoms with Crippen molar-refractivity contribution in [3.05, 3.63) is 0 Å². The van der Waals surface area contributed by atoms with Gasteiger partial charge in [0.05, 0.1) is 6.61 Å². The molecule has 4 nitrogen and oxygen atoms in total. The minimum Gasteiger partial charge on any atom is -0.383 e. The lowest BCUT2D eigenvalue weighted by Gasteiger charge is -2.16. The maximum atomic E-state index is 11.4. The number of halogens is 1. The molecular formula is C10H21ClN2O2. The largest absolute Gasteiger partial charge is 0.383 e. The standard InChI is InChI=1S/C10H20N2O2.ClH/c1-7(5-8-3-4-8)12-10(13)9(11)6-14-2;/h7-9H,3-6,11H2,1-2H3,(H,12,13);1H. The average molecular weight is 237 g/mol. The fourth-order valence-corrected chi connectivity index (χ4v) is 1.52. The summed E-state index contributed by atoms with van der Waals surface area (Å²) in [6.45, 7) is 2.30. The third-order valence-electron chi connectivity index (χ3n) is 2.46. The van der Waals surface area contributed by atoms with Crippen LogP contribution in [0.1, 0.15) is 26.2 Å². The monoisotopic (exact) mass is 236 g/mol. The fraction of sp³-hybridized carbons (Fsp3) is 0.900. The first kappa shape index (κ1) is 14.7. The number of rotatable bonds is 6. The molecule has 2 unspecified atom stereocenters. The quantitative estimate of drug-likeness (QED) is 0.713. The molecule has 1 amide bonds. The molecule has 0 spiro atoms. The molecule has 5 heteroatoms. The third-order valence-corrected chi connectivity index (χ3v) is 2.46. The Balaban J connectivity index is 0.00000196. The minimum atomic E-state index is -0.540. The molecular weight excluding hydrogens is 216 g/mol. The van der Waals surface area contributed by atoms with Gasteiger partial charge in [-0.05, 0) is 19.3 Å². The topological polar surface area (TPSA) is 64.3 Å². The molecule has 1 fully saturated rings. The molecule has 0 aromatic rings. The Labute approximate surface area is 97.3 Å². The Bertz CT molecular complexity index is 198. The molecule has 0 aliphatic heterocycles. The molecule has 1 rings (SSSR count). The predicted molar refractivity (Wildman–Crippen MR) is 62.0 cm³/mol. The highest BCUT2D eigenvalue weighted by molar-refractivity contribution is 5.85. The second kappa shape index (κ2) is 7.04. The highest BCUT2D eigenvalue weighted by Gasteiger charge is 2.25. The molecule has 15 heavy (non-hydrogen) atoms. The molecule has 0 heterocycles. The van der Waals surface area contributed by atoms with Crippen molar-refractivity contribution in [3.63, 3.8) is 0 Å². The van der Waals surface area contributed by atoms with E-state index in [4.69, 9.17) is 10.5 Å². The Morgan fingerprint density at radius 1 is 1.60 bits per heavy atom. The van der Waals surface area contributed by atoms with Gasteiger partial charge in [0.25, 0.3) is 0 Å². The van der Waals surface area contributed by atoms with E-state index in [1.54, 1.807) is 7.11 Å². The van der Waals surface area contributed by atoms with Crippen LogP contribution in [0.5, 0.6) is 0 Å². The Kier molecular flexibility index (Phi) is 6.89. The smallest absolute Gasteiger partial charge is 0.239 e. The third kappa shape index (κ3) is 5.97. The van der Waals surface area contributed by atoms with Gasteiger partial charge in [0.2, 0.25) is 5.91 Å². The van der Waals surface area contributed by atoms with Crippen molar-refractivity contribution in [3.8, 4) is 0 Å². The van der Waals surface area contributed by atoms with E-state index < -0.39 is 6.04 Å². The van der Waals surface area contributed by atoms with Crippen LogP contribution in [0.3, 0.4) is 0 Å². The Hall–Kier alpha value is -0.320. The second-order valence-electron chi connectivity index (χ2n) is 4.15.